The summed E-state index contributed by atoms with van der Waals surface area (Å²) in [5.74, 6) is -0.169. The molecule has 3 rings (SSSR count). The molecule has 2 heterocycles. The number of nitrogens with one attached hydrogen (secondary N) is 2. The first-order valence-corrected chi connectivity index (χ1v) is 7.26. The number of hydrogen-bond acceptors (Lipinski definition) is 4. The molecule has 6 nitrogen and oxygen atoms in total. The number of para-hydroxylation sites is 1. The Hall–Kier alpha value is -1.92. The number of nitrogens with zero attached hydrogens (tertiary/aromatic N) is 3. The zero-order valence-electron chi connectivity index (χ0n) is 12.4. The van der Waals surface area contributed by atoms with E-state index in [-0.39, 0.29) is 30.4 Å². The van der Waals surface area contributed by atoms with Gasteiger partial charge in [-0.15, -0.1) is 17.5 Å². The van der Waals surface area contributed by atoms with Gasteiger partial charge in [0.15, 0.2) is 5.69 Å². The Balaban J connectivity index is 0.00000176. The summed E-state index contributed by atoms with van der Waals surface area (Å²) >= 11 is 0. The number of amides is 1. The summed E-state index contributed by atoms with van der Waals surface area (Å²) in [7, 11) is 0. The van der Waals surface area contributed by atoms with Crippen LogP contribution in [0.2, 0.25) is 0 Å². The van der Waals surface area contributed by atoms with Crippen molar-refractivity contribution in [2.75, 3.05) is 6.54 Å². The maximum atomic E-state index is 12.2. The van der Waals surface area contributed by atoms with Gasteiger partial charge in [0.1, 0.15) is 0 Å². The number of piperidine rings is 1. The molecule has 22 heavy (non-hydrogen) atoms. The molecule has 1 amide bonds. The Morgan fingerprint density at radius 3 is 2.86 bits per heavy atom. The number of hydrogen-bond donors (Lipinski definition) is 2. The van der Waals surface area contributed by atoms with Crippen molar-refractivity contribution in [3.8, 4) is 5.69 Å². The summed E-state index contributed by atoms with van der Waals surface area (Å²) in [6.07, 6.45) is 3.57. The first-order chi connectivity index (χ1) is 10.2. The minimum Gasteiger partial charge on any atom is -0.346 e. The van der Waals surface area contributed by atoms with E-state index in [2.05, 4.69) is 27.8 Å². The van der Waals surface area contributed by atoms with E-state index >= 15 is 0 Å². The highest BCUT2D eigenvalue weighted by Crippen LogP contribution is 2.09. The van der Waals surface area contributed by atoms with Gasteiger partial charge < -0.3 is 10.6 Å². The molecule has 0 bridgehead atoms. The second-order valence-corrected chi connectivity index (χ2v) is 5.32. The van der Waals surface area contributed by atoms with Crippen LogP contribution >= 0.6 is 12.4 Å². The van der Waals surface area contributed by atoms with Crippen molar-refractivity contribution in [3.05, 3.63) is 42.2 Å². The molecular weight excluding hydrogens is 302 g/mol. The van der Waals surface area contributed by atoms with E-state index in [1.807, 2.05) is 30.3 Å². The highest BCUT2D eigenvalue weighted by atomic mass is 35.5. The minimum absolute atomic E-state index is 0. The van der Waals surface area contributed by atoms with Gasteiger partial charge in [0, 0.05) is 12.1 Å². The van der Waals surface area contributed by atoms with Crippen molar-refractivity contribution < 1.29 is 4.79 Å². The van der Waals surface area contributed by atoms with E-state index < -0.39 is 0 Å². The third kappa shape index (κ3) is 3.64. The predicted molar refractivity (Wildman–Crippen MR) is 86.6 cm³/mol. The molecule has 0 saturated carbocycles. The molecule has 2 aromatic rings. The topological polar surface area (TPSA) is 71.8 Å². The fourth-order valence-electron chi connectivity index (χ4n) is 2.54. The third-order valence-electron chi connectivity index (χ3n) is 3.79. The lowest BCUT2D eigenvalue weighted by atomic mass is 10.00. The lowest BCUT2D eigenvalue weighted by Crippen LogP contribution is -2.52. The highest BCUT2D eigenvalue weighted by molar-refractivity contribution is 5.92. The van der Waals surface area contributed by atoms with Crippen molar-refractivity contribution >= 4 is 18.3 Å². The largest absolute Gasteiger partial charge is 0.346 e. The second-order valence-electron chi connectivity index (χ2n) is 5.32. The number of rotatable bonds is 3. The van der Waals surface area contributed by atoms with Crippen LogP contribution in [0.1, 0.15) is 30.3 Å². The third-order valence-corrected chi connectivity index (χ3v) is 3.79. The standard InChI is InChI=1S/C15H19N5O.ClH/c1-11-13(8-5-9-16-11)18-15(21)14-10-17-20(19-14)12-6-3-2-4-7-12;/h2-4,6-7,10-11,13,16H,5,8-9H2,1H3,(H,18,21);1H. The fraction of sp³-hybridized carbons (Fsp3) is 0.400. The van der Waals surface area contributed by atoms with Gasteiger partial charge in [0.25, 0.3) is 5.91 Å². The zero-order valence-corrected chi connectivity index (χ0v) is 13.2. The van der Waals surface area contributed by atoms with Crippen LogP contribution in [0.4, 0.5) is 0 Å². The van der Waals surface area contributed by atoms with Crippen LogP contribution in [-0.2, 0) is 0 Å². The normalized spacial score (nSPS) is 21.0. The maximum Gasteiger partial charge on any atom is 0.273 e. The number of halogens is 1. The lowest BCUT2D eigenvalue weighted by Gasteiger charge is -2.30. The molecule has 1 aromatic carbocycles. The molecule has 1 aliphatic rings. The zero-order chi connectivity index (χ0) is 14.7. The summed E-state index contributed by atoms with van der Waals surface area (Å²) < 4.78 is 0. The summed E-state index contributed by atoms with van der Waals surface area (Å²) in [6.45, 7) is 3.10. The van der Waals surface area contributed by atoms with Gasteiger partial charge in [-0.3, -0.25) is 4.79 Å². The monoisotopic (exact) mass is 321 g/mol. The molecule has 2 unspecified atom stereocenters. The maximum absolute atomic E-state index is 12.2. The second kappa shape index (κ2) is 7.38. The van der Waals surface area contributed by atoms with Crippen molar-refractivity contribution in [1.82, 2.24) is 25.6 Å². The molecule has 1 saturated heterocycles. The van der Waals surface area contributed by atoms with Crippen LogP contribution in [0.25, 0.3) is 5.69 Å². The summed E-state index contributed by atoms with van der Waals surface area (Å²) in [5, 5.41) is 14.8. The van der Waals surface area contributed by atoms with Crippen molar-refractivity contribution in [1.29, 1.82) is 0 Å². The summed E-state index contributed by atoms with van der Waals surface area (Å²) in [5.41, 5.74) is 1.18. The molecule has 2 N–H and O–H groups in total. The van der Waals surface area contributed by atoms with Gasteiger partial charge >= 0.3 is 0 Å². The van der Waals surface area contributed by atoms with Crippen LogP contribution in [0.15, 0.2) is 36.5 Å². The first kappa shape index (κ1) is 16.5. The molecule has 0 spiro atoms. The van der Waals surface area contributed by atoms with Crippen molar-refractivity contribution in [3.63, 3.8) is 0 Å². The Morgan fingerprint density at radius 1 is 1.36 bits per heavy atom. The number of aromatic nitrogens is 3. The molecule has 2 atom stereocenters. The molecule has 1 fully saturated rings. The first-order valence-electron chi connectivity index (χ1n) is 7.26. The Kier molecular flexibility index (Phi) is 5.51. The Labute approximate surface area is 135 Å². The van der Waals surface area contributed by atoms with E-state index in [4.69, 9.17) is 0 Å². The van der Waals surface area contributed by atoms with E-state index in [9.17, 15) is 4.79 Å². The van der Waals surface area contributed by atoms with Gasteiger partial charge in [0.05, 0.1) is 11.9 Å². The molecule has 1 aliphatic heterocycles. The summed E-state index contributed by atoms with van der Waals surface area (Å²) in [4.78, 5) is 13.7. The highest BCUT2D eigenvalue weighted by Gasteiger charge is 2.23. The van der Waals surface area contributed by atoms with Gasteiger partial charge in [-0.2, -0.15) is 9.90 Å². The van der Waals surface area contributed by atoms with Gasteiger partial charge in [-0.05, 0) is 38.4 Å². The number of carbonyl (C=O) groups is 1. The smallest absolute Gasteiger partial charge is 0.273 e. The van der Waals surface area contributed by atoms with E-state index in [0.717, 1.165) is 25.1 Å². The van der Waals surface area contributed by atoms with E-state index in [1.54, 1.807) is 0 Å². The van der Waals surface area contributed by atoms with E-state index in [1.165, 1.54) is 11.0 Å². The van der Waals surface area contributed by atoms with Crippen LogP contribution in [-0.4, -0.2) is 39.5 Å². The van der Waals surface area contributed by atoms with Crippen LogP contribution in [0.5, 0.6) is 0 Å². The predicted octanol–water partition coefficient (Wildman–Crippen LogP) is 1.56. The van der Waals surface area contributed by atoms with Crippen LogP contribution in [0.3, 0.4) is 0 Å². The molecule has 7 heteroatoms. The quantitative estimate of drug-likeness (QED) is 0.900. The fourth-order valence-corrected chi connectivity index (χ4v) is 2.54. The van der Waals surface area contributed by atoms with Crippen molar-refractivity contribution in [2.24, 2.45) is 0 Å². The number of carbonyl (C=O) groups excluding carboxylic acids is 1. The molecule has 118 valence electrons. The van der Waals surface area contributed by atoms with Crippen LogP contribution in [0, 0.1) is 0 Å². The Morgan fingerprint density at radius 2 is 2.14 bits per heavy atom. The van der Waals surface area contributed by atoms with Gasteiger partial charge in [-0.1, -0.05) is 18.2 Å². The van der Waals surface area contributed by atoms with Gasteiger partial charge in [0.2, 0.25) is 0 Å². The Bertz CT molecular complexity index is 615. The molecule has 1 aromatic heterocycles. The number of benzene rings is 1. The minimum atomic E-state index is -0.169. The summed E-state index contributed by atoms with van der Waals surface area (Å²) in [6, 6.07) is 9.98. The van der Waals surface area contributed by atoms with Crippen molar-refractivity contribution in [2.45, 2.75) is 31.8 Å². The molecule has 0 aliphatic carbocycles. The van der Waals surface area contributed by atoms with Gasteiger partial charge in [-0.25, -0.2) is 0 Å². The SMILES string of the molecule is CC1NCCCC1NC(=O)c1cnn(-c2ccccc2)n1.Cl. The average molecular weight is 322 g/mol. The van der Waals surface area contributed by atoms with Crippen LogP contribution < -0.4 is 10.6 Å². The van der Waals surface area contributed by atoms with E-state index in [0.29, 0.717) is 5.69 Å². The lowest BCUT2D eigenvalue weighted by molar-refractivity contribution is 0.0914. The molecular formula is C15H20ClN5O. The average Bonchev–Trinajstić information content (AvgIpc) is 3.00. The molecule has 0 radical (unpaired) electrons.